The van der Waals surface area contributed by atoms with Crippen molar-refractivity contribution in [2.75, 3.05) is 19.7 Å². The van der Waals surface area contributed by atoms with Gasteiger partial charge in [-0.05, 0) is 18.1 Å². The predicted octanol–water partition coefficient (Wildman–Crippen LogP) is 1.98. The Bertz CT molecular complexity index is 543. The normalized spacial score (nSPS) is 21.7. The summed E-state index contributed by atoms with van der Waals surface area (Å²) in [5, 5.41) is 0. The Balaban J connectivity index is 1.59. The van der Waals surface area contributed by atoms with Gasteiger partial charge in [0.05, 0.1) is 13.1 Å². The molecule has 0 spiro atoms. The van der Waals surface area contributed by atoms with Gasteiger partial charge in [-0.15, -0.1) is 0 Å². The van der Waals surface area contributed by atoms with Crippen molar-refractivity contribution in [2.45, 2.75) is 26.1 Å². The number of hydrogen-bond donors (Lipinski definition) is 0. The highest BCUT2D eigenvalue weighted by atomic mass is 16.6. The quantitative estimate of drug-likeness (QED) is 0.850. The highest BCUT2D eigenvalue weighted by Crippen LogP contribution is 2.16. The average molecular weight is 290 g/mol. The minimum atomic E-state index is -0.258. The lowest BCUT2D eigenvalue weighted by molar-refractivity contribution is 0.137. The molecule has 2 saturated heterocycles. The molecule has 21 heavy (non-hydrogen) atoms. The molecule has 1 aromatic carbocycles. The molecule has 3 rings (SSSR count). The number of nitrogens with zero attached hydrogens (tertiary/aromatic N) is 2. The van der Waals surface area contributed by atoms with Crippen molar-refractivity contribution in [2.24, 2.45) is 0 Å². The van der Waals surface area contributed by atoms with E-state index in [4.69, 9.17) is 9.47 Å². The highest BCUT2D eigenvalue weighted by Gasteiger charge is 2.27. The second-order valence-corrected chi connectivity index (χ2v) is 5.43. The van der Waals surface area contributed by atoms with Crippen molar-refractivity contribution in [3.05, 3.63) is 35.4 Å². The van der Waals surface area contributed by atoms with E-state index in [2.05, 4.69) is 0 Å². The number of hydrogen-bond acceptors (Lipinski definition) is 4. The van der Waals surface area contributed by atoms with Crippen molar-refractivity contribution >= 4 is 12.2 Å². The van der Waals surface area contributed by atoms with Gasteiger partial charge in [0.25, 0.3) is 0 Å². The third-order valence-electron chi connectivity index (χ3n) is 3.65. The lowest BCUT2D eigenvalue weighted by Crippen LogP contribution is -2.24. The number of benzene rings is 1. The first-order chi connectivity index (χ1) is 10.1. The fraction of sp³-hybridized carbons (Fsp3) is 0.467. The van der Waals surface area contributed by atoms with Gasteiger partial charge >= 0.3 is 12.2 Å². The molecule has 6 nitrogen and oxygen atoms in total. The van der Waals surface area contributed by atoms with E-state index in [0.717, 1.165) is 11.1 Å². The van der Waals surface area contributed by atoms with E-state index < -0.39 is 0 Å². The highest BCUT2D eigenvalue weighted by molar-refractivity contribution is 5.70. The Labute approximate surface area is 123 Å². The van der Waals surface area contributed by atoms with Crippen molar-refractivity contribution in [1.29, 1.82) is 0 Å². The molecule has 2 fully saturated rings. The first-order valence-electron chi connectivity index (χ1n) is 7.07. The van der Waals surface area contributed by atoms with Gasteiger partial charge in [-0.3, -0.25) is 0 Å². The molecular weight excluding hydrogens is 272 g/mol. The molecule has 0 aliphatic carbocycles. The van der Waals surface area contributed by atoms with Gasteiger partial charge in [0, 0.05) is 13.1 Å². The number of carbonyl (C=O) groups is 2. The molecule has 0 aromatic heterocycles. The van der Waals surface area contributed by atoms with Gasteiger partial charge in [-0.2, -0.15) is 0 Å². The minimum absolute atomic E-state index is 0.0436. The molecule has 6 heteroatoms. The van der Waals surface area contributed by atoms with Crippen LogP contribution < -0.4 is 0 Å². The summed E-state index contributed by atoms with van der Waals surface area (Å²) in [6.45, 7) is 4.72. The van der Waals surface area contributed by atoms with Crippen molar-refractivity contribution in [3.8, 4) is 0 Å². The Hall–Kier alpha value is -2.24. The van der Waals surface area contributed by atoms with Crippen LogP contribution in [-0.4, -0.2) is 47.8 Å². The zero-order valence-electron chi connectivity index (χ0n) is 11.9. The Morgan fingerprint density at radius 3 is 2.14 bits per heavy atom. The smallest absolute Gasteiger partial charge is 0.410 e. The first kappa shape index (κ1) is 13.7. The van der Waals surface area contributed by atoms with E-state index in [1.165, 1.54) is 0 Å². The van der Waals surface area contributed by atoms with Crippen LogP contribution >= 0.6 is 0 Å². The summed E-state index contributed by atoms with van der Waals surface area (Å²) < 4.78 is 10.0. The van der Waals surface area contributed by atoms with Crippen molar-refractivity contribution in [1.82, 2.24) is 9.80 Å². The SMILES string of the molecule is CC1CN(Cc2ccc(CN3CCOC3=O)cc2)C(=O)O1. The summed E-state index contributed by atoms with van der Waals surface area (Å²) in [6.07, 6.45) is -0.558. The third kappa shape index (κ3) is 3.09. The predicted molar refractivity (Wildman–Crippen MR) is 74.6 cm³/mol. The van der Waals surface area contributed by atoms with E-state index in [-0.39, 0.29) is 18.3 Å². The van der Waals surface area contributed by atoms with Crippen LogP contribution in [0, 0.1) is 0 Å². The topological polar surface area (TPSA) is 59.1 Å². The number of ether oxygens (including phenoxy) is 2. The Morgan fingerprint density at radius 2 is 1.67 bits per heavy atom. The van der Waals surface area contributed by atoms with E-state index in [0.29, 0.717) is 32.8 Å². The van der Waals surface area contributed by atoms with Gasteiger partial charge in [0.15, 0.2) is 0 Å². The summed E-state index contributed by atoms with van der Waals surface area (Å²) in [4.78, 5) is 26.3. The largest absolute Gasteiger partial charge is 0.448 e. The van der Waals surface area contributed by atoms with E-state index >= 15 is 0 Å². The molecule has 0 radical (unpaired) electrons. The fourth-order valence-corrected chi connectivity index (χ4v) is 2.56. The van der Waals surface area contributed by atoms with Crippen LogP contribution in [0.5, 0.6) is 0 Å². The molecule has 0 N–H and O–H groups in total. The van der Waals surface area contributed by atoms with Crippen LogP contribution in [0.1, 0.15) is 18.1 Å². The Morgan fingerprint density at radius 1 is 1.05 bits per heavy atom. The van der Waals surface area contributed by atoms with Gasteiger partial charge < -0.3 is 19.3 Å². The molecule has 1 unspecified atom stereocenters. The van der Waals surface area contributed by atoms with E-state index in [9.17, 15) is 9.59 Å². The minimum Gasteiger partial charge on any atom is -0.448 e. The molecule has 2 amide bonds. The van der Waals surface area contributed by atoms with Crippen LogP contribution in [0.3, 0.4) is 0 Å². The summed E-state index contributed by atoms with van der Waals surface area (Å²) >= 11 is 0. The molecular formula is C15H18N2O4. The molecule has 2 aliphatic heterocycles. The van der Waals surface area contributed by atoms with Gasteiger partial charge in [0.2, 0.25) is 0 Å². The molecule has 1 atom stereocenters. The third-order valence-corrected chi connectivity index (χ3v) is 3.65. The number of rotatable bonds is 4. The molecule has 1 aromatic rings. The summed E-state index contributed by atoms with van der Waals surface area (Å²) in [5.74, 6) is 0. The van der Waals surface area contributed by atoms with Crippen LogP contribution in [0.25, 0.3) is 0 Å². The maximum absolute atomic E-state index is 11.6. The standard InChI is InChI=1S/C15H18N2O4/c1-11-8-17(15(19)21-11)10-13-4-2-12(3-5-13)9-16-6-7-20-14(16)18/h2-5,11H,6-10H2,1H3. The van der Waals surface area contributed by atoms with Crippen LogP contribution in [0.15, 0.2) is 24.3 Å². The number of amides is 2. The van der Waals surface area contributed by atoms with Crippen molar-refractivity contribution in [3.63, 3.8) is 0 Å². The molecule has 0 saturated carbocycles. The maximum atomic E-state index is 11.6. The van der Waals surface area contributed by atoms with Crippen molar-refractivity contribution < 1.29 is 19.1 Å². The van der Waals surface area contributed by atoms with Gasteiger partial charge in [-0.1, -0.05) is 24.3 Å². The fourth-order valence-electron chi connectivity index (χ4n) is 2.56. The lowest BCUT2D eigenvalue weighted by Gasteiger charge is -2.15. The second kappa shape index (κ2) is 5.63. The monoisotopic (exact) mass is 290 g/mol. The lowest BCUT2D eigenvalue weighted by atomic mass is 10.1. The van der Waals surface area contributed by atoms with Crippen LogP contribution in [-0.2, 0) is 22.6 Å². The molecule has 112 valence electrons. The van der Waals surface area contributed by atoms with Crippen LogP contribution in [0.2, 0.25) is 0 Å². The zero-order chi connectivity index (χ0) is 14.8. The number of cyclic esters (lactones) is 2. The average Bonchev–Trinajstić information content (AvgIpc) is 2.99. The first-order valence-corrected chi connectivity index (χ1v) is 7.07. The van der Waals surface area contributed by atoms with Crippen LogP contribution in [0.4, 0.5) is 9.59 Å². The summed E-state index contributed by atoms with van der Waals surface area (Å²) in [6, 6.07) is 7.91. The van der Waals surface area contributed by atoms with E-state index in [1.807, 2.05) is 31.2 Å². The number of carbonyl (C=O) groups excluding carboxylic acids is 2. The van der Waals surface area contributed by atoms with Gasteiger partial charge in [-0.25, -0.2) is 9.59 Å². The zero-order valence-corrected chi connectivity index (χ0v) is 11.9. The summed E-state index contributed by atoms with van der Waals surface area (Å²) in [7, 11) is 0. The Kier molecular flexibility index (Phi) is 3.68. The molecule has 2 aliphatic rings. The second-order valence-electron chi connectivity index (χ2n) is 5.43. The maximum Gasteiger partial charge on any atom is 0.410 e. The molecule has 2 heterocycles. The van der Waals surface area contributed by atoms with E-state index in [1.54, 1.807) is 9.80 Å². The summed E-state index contributed by atoms with van der Waals surface area (Å²) in [5.41, 5.74) is 2.10. The van der Waals surface area contributed by atoms with Gasteiger partial charge in [0.1, 0.15) is 12.7 Å². The molecule has 0 bridgehead atoms.